The molecule has 0 spiro atoms. The van der Waals surface area contributed by atoms with Crippen molar-refractivity contribution in [2.75, 3.05) is 12.4 Å². The molecule has 0 aromatic heterocycles. The Kier molecular flexibility index (Phi) is 6.67. The Hall–Kier alpha value is -1.99. The lowest BCUT2D eigenvalue weighted by molar-refractivity contribution is -0.126. The van der Waals surface area contributed by atoms with Gasteiger partial charge >= 0.3 is 0 Å². The number of amides is 2. The Morgan fingerprint density at radius 3 is 2.75 bits per heavy atom. The number of carbonyl (C=O) groups excluding carboxylic acids is 2. The first-order chi connectivity index (χ1) is 13.4. The summed E-state index contributed by atoms with van der Waals surface area (Å²) in [7, 11) is 1.46. The Morgan fingerprint density at radius 1 is 1.32 bits per heavy atom. The van der Waals surface area contributed by atoms with Crippen LogP contribution in [0.25, 0.3) is 0 Å². The molecule has 2 N–H and O–H groups in total. The Bertz CT molecular complexity index is 935. The third-order valence-corrected chi connectivity index (χ3v) is 5.78. The molecule has 2 atom stereocenters. The van der Waals surface area contributed by atoms with E-state index in [1.165, 1.54) is 18.9 Å². The lowest BCUT2D eigenvalue weighted by atomic mass is 10.0. The van der Waals surface area contributed by atoms with Gasteiger partial charge in [0, 0.05) is 12.1 Å². The molecule has 3 rings (SSSR count). The van der Waals surface area contributed by atoms with E-state index >= 15 is 0 Å². The van der Waals surface area contributed by atoms with Gasteiger partial charge in [0.15, 0.2) is 6.10 Å². The van der Waals surface area contributed by atoms with Gasteiger partial charge in [-0.1, -0.05) is 65.8 Å². The minimum absolute atomic E-state index is 0.0567. The van der Waals surface area contributed by atoms with Gasteiger partial charge in [-0.3, -0.25) is 9.59 Å². The molecular formula is C20H18Cl2N2O3S. The lowest BCUT2D eigenvalue weighted by Crippen LogP contribution is -2.24. The monoisotopic (exact) mass is 436 g/mol. The second kappa shape index (κ2) is 9.01. The number of benzene rings is 2. The number of carbonyl (C=O) groups is 2. The first-order valence-electron chi connectivity index (χ1n) is 8.41. The predicted molar refractivity (Wildman–Crippen MR) is 114 cm³/mol. The molecule has 28 heavy (non-hydrogen) atoms. The maximum absolute atomic E-state index is 12.7. The maximum atomic E-state index is 12.7. The summed E-state index contributed by atoms with van der Waals surface area (Å²) in [5, 5.41) is 6.71. The third kappa shape index (κ3) is 4.89. The van der Waals surface area contributed by atoms with Gasteiger partial charge in [-0.15, -0.1) is 0 Å². The van der Waals surface area contributed by atoms with Gasteiger partial charge in [0.25, 0.3) is 5.91 Å². The van der Waals surface area contributed by atoms with E-state index in [0.717, 1.165) is 5.56 Å². The van der Waals surface area contributed by atoms with Crippen molar-refractivity contribution in [3.63, 3.8) is 0 Å². The van der Waals surface area contributed by atoms with Gasteiger partial charge in [0.1, 0.15) is 0 Å². The van der Waals surface area contributed by atoms with Crippen LogP contribution in [0.4, 0.5) is 5.69 Å². The van der Waals surface area contributed by atoms with Crippen LogP contribution in [0.1, 0.15) is 17.2 Å². The topological polar surface area (TPSA) is 67.4 Å². The molecule has 2 amide bonds. The van der Waals surface area contributed by atoms with Crippen molar-refractivity contribution < 1.29 is 14.3 Å². The van der Waals surface area contributed by atoms with Gasteiger partial charge in [-0.2, -0.15) is 0 Å². The van der Waals surface area contributed by atoms with E-state index in [-0.39, 0.29) is 17.1 Å². The molecule has 2 aromatic carbocycles. The SMILES string of the molecule is C=C1NC(=O)C(Cc2cccc(C(OC)C(=O)Nc3ccc(Cl)cc3Cl)c2)S1. The zero-order valence-corrected chi connectivity index (χ0v) is 17.3. The Labute approximate surface area is 177 Å². The van der Waals surface area contributed by atoms with Crippen LogP contribution < -0.4 is 10.6 Å². The molecule has 5 nitrogen and oxygen atoms in total. The molecule has 1 aliphatic heterocycles. The molecule has 0 aliphatic carbocycles. The first-order valence-corrected chi connectivity index (χ1v) is 10.0. The van der Waals surface area contributed by atoms with Gasteiger partial charge in [0.05, 0.1) is 21.0 Å². The average Bonchev–Trinajstić information content (AvgIpc) is 2.95. The summed E-state index contributed by atoms with van der Waals surface area (Å²) in [6.07, 6.45) is -0.295. The Morgan fingerprint density at radius 2 is 2.11 bits per heavy atom. The van der Waals surface area contributed by atoms with E-state index in [9.17, 15) is 9.59 Å². The molecule has 0 radical (unpaired) electrons. The number of nitrogens with one attached hydrogen (secondary N) is 2. The smallest absolute Gasteiger partial charge is 0.258 e. The van der Waals surface area contributed by atoms with Crippen LogP contribution in [0.15, 0.2) is 54.1 Å². The molecule has 1 heterocycles. The normalized spacial score (nSPS) is 17.3. The second-order valence-corrected chi connectivity index (χ2v) is 8.34. The van der Waals surface area contributed by atoms with Crippen LogP contribution in [0.3, 0.4) is 0 Å². The van der Waals surface area contributed by atoms with Gasteiger partial charge in [-0.05, 0) is 35.7 Å². The number of thioether (sulfide) groups is 1. The number of anilines is 1. The fourth-order valence-electron chi connectivity index (χ4n) is 2.89. The highest BCUT2D eigenvalue weighted by Gasteiger charge is 2.28. The summed E-state index contributed by atoms with van der Waals surface area (Å²) < 4.78 is 5.42. The fraction of sp³-hybridized carbons (Fsp3) is 0.200. The quantitative estimate of drug-likeness (QED) is 0.695. The van der Waals surface area contributed by atoms with E-state index < -0.39 is 6.10 Å². The number of methoxy groups -OCH3 is 1. The zero-order valence-electron chi connectivity index (χ0n) is 15.0. The number of ether oxygens (including phenoxy) is 1. The number of hydrogen-bond acceptors (Lipinski definition) is 4. The number of rotatable bonds is 6. The highest BCUT2D eigenvalue weighted by molar-refractivity contribution is 8.04. The van der Waals surface area contributed by atoms with Gasteiger partial charge in [-0.25, -0.2) is 0 Å². The lowest BCUT2D eigenvalue weighted by Gasteiger charge is -2.17. The summed E-state index contributed by atoms with van der Waals surface area (Å²) in [5.41, 5.74) is 2.07. The van der Waals surface area contributed by atoms with Crippen molar-refractivity contribution in [1.29, 1.82) is 0 Å². The van der Waals surface area contributed by atoms with Gasteiger partial charge < -0.3 is 15.4 Å². The Balaban J connectivity index is 1.75. The largest absolute Gasteiger partial charge is 0.367 e. The minimum atomic E-state index is -0.827. The van der Waals surface area contributed by atoms with Crippen molar-refractivity contribution in [3.05, 3.63) is 75.2 Å². The van der Waals surface area contributed by atoms with Crippen molar-refractivity contribution in [2.45, 2.75) is 17.8 Å². The minimum Gasteiger partial charge on any atom is -0.367 e. The van der Waals surface area contributed by atoms with E-state index in [1.807, 2.05) is 24.3 Å². The van der Waals surface area contributed by atoms with E-state index in [0.29, 0.717) is 32.7 Å². The molecule has 1 fully saturated rings. The maximum Gasteiger partial charge on any atom is 0.258 e. The molecule has 2 unspecified atom stereocenters. The van der Waals surface area contributed by atoms with Gasteiger partial charge in [0.2, 0.25) is 5.91 Å². The molecule has 146 valence electrons. The molecule has 8 heteroatoms. The van der Waals surface area contributed by atoms with Crippen LogP contribution in [0.5, 0.6) is 0 Å². The summed E-state index contributed by atoms with van der Waals surface area (Å²) in [4.78, 5) is 24.7. The second-order valence-electron chi connectivity index (χ2n) is 6.20. The van der Waals surface area contributed by atoms with Crippen LogP contribution in [-0.4, -0.2) is 24.2 Å². The first kappa shape index (κ1) is 20.7. The van der Waals surface area contributed by atoms with Crippen molar-refractivity contribution in [3.8, 4) is 0 Å². The summed E-state index contributed by atoms with van der Waals surface area (Å²) in [5.74, 6) is -0.413. The van der Waals surface area contributed by atoms with E-state index in [1.54, 1.807) is 18.2 Å². The predicted octanol–water partition coefficient (Wildman–Crippen LogP) is 4.56. The summed E-state index contributed by atoms with van der Waals surface area (Å²) in [6.45, 7) is 3.77. The molecular weight excluding hydrogens is 419 g/mol. The highest BCUT2D eigenvalue weighted by Crippen LogP contribution is 2.30. The number of hydrogen-bond donors (Lipinski definition) is 2. The average molecular weight is 437 g/mol. The van der Waals surface area contributed by atoms with Crippen LogP contribution in [0.2, 0.25) is 10.0 Å². The van der Waals surface area contributed by atoms with Crippen LogP contribution in [0, 0.1) is 0 Å². The van der Waals surface area contributed by atoms with E-state index in [2.05, 4.69) is 17.2 Å². The molecule has 1 saturated heterocycles. The highest BCUT2D eigenvalue weighted by atomic mass is 35.5. The standard InChI is InChI=1S/C20H18Cl2N2O3S/c1-11-23-19(25)17(28-11)9-12-4-3-5-13(8-12)18(27-2)20(26)24-16-7-6-14(21)10-15(16)22/h3-8,10,17-18H,1,9H2,2H3,(H,23,25)(H,24,26). The zero-order chi connectivity index (χ0) is 20.3. The summed E-state index contributed by atoms with van der Waals surface area (Å²) >= 11 is 13.4. The van der Waals surface area contributed by atoms with Crippen LogP contribution in [-0.2, 0) is 20.7 Å². The van der Waals surface area contributed by atoms with Crippen LogP contribution >= 0.6 is 35.0 Å². The summed E-state index contributed by atoms with van der Waals surface area (Å²) in [6, 6.07) is 12.3. The molecule has 2 aromatic rings. The van der Waals surface area contributed by atoms with Crippen molar-refractivity contribution >= 4 is 52.5 Å². The van der Waals surface area contributed by atoms with Crippen molar-refractivity contribution in [2.24, 2.45) is 0 Å². The van der Waals surface area contributed by atoms with Crippen molar-refractivity contribution in [1.82, 2.24) is 5.32 Å². The molecule has 0 bridgehead atoms. The fourth-order valence-corrected chi connectivity index (χ4v) is 4.29. The molecule has 0 saturated carbocycles. The van der Waals surface area contributed by atoms with E-state index in [4.69, 9.17) is 27.9 Å². The number of halogens is 2. The third-order valence-electron chi connectivity index (χ3n) is 4.18. The molecule has 1 aliphatic rings.